The van der Waals surface area contributed by atoms with Gasteiger partial charge >= 0.3 is 5.97 Å². The Hall–Kier alpha value is -3.24. The lowest BCUT2D eigenvalue weighted by Gasteiger charge is -2.06. The lowest BCUT2D eigenvalue weighted by atomic mass is 10.0. The highest BCUT2D eigenvalue weighted by molar-refractivity contribution is 9.10. The zero-order valence-electron chi connectivity index (χ0n) is 16.1. The number of hydrogen-bond donors (Lipinski definition) is 0. The van der Waals surface area contributed by atoms with Crippen LogP contribution in [0.5, 0.6) is 5.75 Å². The standard InChI is InChI=1S/C26H18BrNO2/c27-21-11-8-20(9-12-21)26(29)30-22-13-4-17(5-14-22)16-28-24-15-10-19-7-6-18-2-1-3-23(24)25(18)19/h1-5,8-16H,6-7H2. The fourth-order valence-corrected chi connectivity index (χ4v) is 4.13. The van der Waals surface area contributed by atoms with E-state index in [1.165, 1.54) is 21.9 Å². The molecule has 0 aromatic heterocycles. The Morgan fingerprint density at radius 2 is 1.60 bits per heavy atom. The molecule has 0 aliphatic heterocycles. The summed E-state index contributed by atoms with van der Waals surface area (Å²) in [5.41, 5.74) is 5.26. The molecule has 1 aliphatic carbocycles. The van der Waals surface area contributed by atoms with Crippen molar-refractivity contribution in [2.45, 2.75) is 12.8 Å². The number of esters is 1. The third kappa shape index (κ3) is 3.66. The van der Waals surface area contributed by atoms with Gasteiger partial charge in [-0.05, 0) is 89.5 Å². The summed E-state index contributed by atoms with van der Waals surface area (Å²) in [5.74, 6) is 0.127. The van der Waals surface area contributed by atoms with E-state index in [0.717, 1.165) is 28.6 Å². The minimum atomic E-state index is -0.378. The summed E-state index contributed by atoms with van der Waals surface area (Å²) in [6, 6.07) is 25.2. The number of halogens is 1. The summed E-state index contributed by atoms with van der Waals surface area (Å²) in [4.78, 5) is 17.0. The van der Waals surface area contributed by atoms with Gasteiger partial charge in [0.2, 0.25) is 0 Å². The number of hydrogen-bond acceptors (Lipinski definition) is 3. The zero-order chi connectivity index (χ0) is 20.5. The van der Waals surface area contributed by atoms with Crippen LogP contribution in [0, 0.1) is 0 Å². The summed E-state index contributed by atoms with van der Waals surface area (Å²) >= 11 is 3.36. The maximum atomic E-state index is 12.2. The molecule has 30 heavy (non-hydrogen) atoms. The fourth-order valence-electron chi connectivity index (χ4n) is 3.86. The maximum Gasteiger partial charge on any atom is 0.343 e. The SMILES string of the molecule is O=C(Oc1ccc(C=Nc2ccc3c4c(cccc24)CC3)cc1)c1ccc(Br)cc1. The third-order valence-electron chi connectivity index (χ3n) is 5.38. The topological polar surface area (TPSA) is 38.7 Å². The molecule has 0 fully saturated rings. The number of carbonyl (C=O) groups is 1. The predicted octanol–water partition coefficient (Wildman–Crippen LogP) is 6.67. The van der Waals surface area contributed by atoms with Crippen LogP contribution in [0.1, 0.15) is 27.0 Å². The molecule has 146 valence electrons. The van der Waals surface area contributed by atoms with Crippen LogP contribution in [0.2, 0.25) is 0 Å². The Morgan fingerprint density at radius 3 is 2.37 bits per heavy atom. The molecule has 4 heteroatoms. The molecule has 0 radical (unpaired) electrons. The molecule has 1 aliphatic rings. The molecule has 0 N–H and O–H groups in total. The average molecular weight is 456 g/mol. The minimum absolute atomic E-state index is 0.378. The van der Waals surface area contributed by atoms with Crippen molar-refractivity contribution in [2.24, 2.45) is 4.99 Å². The van der Waals surface area contributed by atoms with E-state index in [4.69, 9.17) is 9.73 Å². The van der Waals surface area contributed by atoms with Crippen LogP contribution < -0.4 is 4.74 Å². The number of rotatable bonds is 4. The molecule has 3 nitrogen and oxygen atoms in total. The first kappa shape index (κ1) is 18.8. The number of aryl methyl sites for hydroxylation is 2. The summed E-state index contributed by atoms with van der Waals surface area (Å²) in [6.45, 7) is 0. The van der Waals surface area contributed by atoms with E-state index in [9.17, 15) is 4.79 Å². The Balaban J connectivity index is 1.33. The third-order valence-corrected chi connectivity index (χ3v) is 5.91. The molecule has 0 atom stereocenters. The van der Waals surface area contributed by atoms with Gasteiger partial charge in [-0.25, -0.2) is 4.79 Å². The van der Waals surface area contributed by atoms with Gasteiger partial charge in [0.25, 0.3) is 0 Å². The van der Waals surface area contributed by atoms with Crippen molar-refractivity contribution < 1.29 is 9.53 Å². The Labute approximate surface area is 183 Å². The van der Waals surface area contributed by atoms with Crippen LogP contribution >= 0.6 is 15.9 Å². The van der Waals surface area contributed by atoms with Crippen LogP contribution in [0.25, 0.3) is 10.8 Å². The molecule has 0 amide bonds. The van der Waals surface area contributed by atoms with E-state index >= 15 is 0 Å². The monoisotopic (exact) mass is 455 g/mol. The van der Waals surface area contributed by atoms with Crippen molar-refractivity contribution in [3.8, 4) is 5.75 Å². The fraction of sp³-hybridized carbons (Fsp3) is 0.0769. The Kier molecular flexibility index (Phi) is 4.93. The molecule has 0 bridgehead atoms. The second-order valence-corrected chi connectivity index (χ2v) is 8.22. The summed E-state index contributed by atoms with van der Waals surface area (Å²) < 4.78 is 6.37. The molecule has 5 rings (SSSR count). The van der Waals surface area contributed by atoms with E-state index in [-0.39, 0.29) is 5.97 Å². The molecule has 0 spiro atoms. The highest BCUT2D eigenvalue weighted by Crippen LogP contribution is 2.36. The zero-order valence-corrected chi connectivity index (χ0v) is 17.7. The van der Waals surface area contributed by atoms with Crippen LogP contribution in [-0.2, 0) is 12.8 Å². The quantitative estimate of drug-likeness (QED) is 0.195. The van der Waals surface area contributed by atoms with Gasteiger partial charge < -0.3 is 4.74 Å². The van der Waals surface area contributed by atoms with E-state index in [2.05, 4.69) is 46.3 Å². The van der Waals surface area contributed by atoms with Gasteiger partial charge in [-0.2, -0.15) is 0 Å². The normalized spacial score (nSPS) is 12.6. The lowest BCUT2D eigenvalue weighted by Crippen LogP contribution is -2.08. The van der Waals surface area contributed by atoms with Crippen molar-refractivity contribution in [2.75, 3.05) is 0 Å². The summed E-state index contributed by atoms with van der Waals surface area (Å²) in [6.07, 6.45) is 4.07. The number of aliphatic imine (C=N–C) groups is 1. The van der Waals surface area contributed by atoms with Gasteiger partial charge in [0.05, 0.1) is 11.3 Å². The molecular formula is C26H18BrNO2. The molecular weight excluding hydrogens is 438 g/mol. The maximum absolute atomic E-state index is 12.2. The van der Waals surface area contributed by atoms with Crippen LogP contribution in [0.3, 0.4) is 0 Å². The molecule has 4 aromatic carbocycles. The van der Waals surface area contributed by atoms with E-state index in [1.807, 2.05) is 30.5 Å². The van der Waals surface area contributed by atoms with Crippen molar-refractivity contribution in [3.05, 3.63) is 106 Å². The first-order chi connectivity index (χ1) is 14.7. The molecule has 0 saturated heterocycles. The molecule has 0 saturated carbocycles. The summed E-state index contributed by atoms with van der Waals surface area (Å²) in [5, 5.41) is 2.57. The van der Waals surface area contributed by atoms with Crippen LogP contribution in [0.15, 0.2) is 88.3 Å². The van der Waals surface area contributed by atoms with E-state index < -0.39 is 0 Å². The first-order valence-electron chi connectivity index (χ1n) is 9.83. The molecule has 0 unspecified atom stereocenters. The number of nitrogens with zero attached hydrogens (tertiary/aromatic N) is 1. The van der Waals surface area contributed by atoms with Gasteiger partial charge in [-0.15, -0.1) is 0 Å². The average Bonchev–Trinajstić information content (AvgIpc) is 3.20. The number of benzene rings is 4. The van der Waals surface area contributed by atoms with Crippen LogP contribution in [0.4, 0.5) is 5.69 Å². The van der Waals surface area contributed by atoms with Crippen molar-refractivity contribution >= 4 is 44.6 Å². The summed E-state index contributed by atoms with van der Waals surface area (Å²) in [7, 11) is 0. The van der Waals surface area contributed by atoms with Gasteiger partial charge in [-0.3, -0.25) is 4.99 Å². The first-order valence-corrected chi connectivity index (χ1v) is 10.6. The van der Waals surface area contributed by atoms with Gasteiger partial charge in [0.15, 0.2) is 0 Å². The van der Waals surface area contributed by atoms with Crippen molar-refractivity contribution in [1.29, 1.82) is 0 Å². The lowest BCUT2D eigenvalue weighted by molar-refractivity contribution is 0.0734. The van der Waals surface area contributed by atoms with Gasteiger partial charge in [-0.1, -0.05) is 40.2 Å². The molecule has 0 heterocycles. The van der Waals surface area contributed by atoms with E-state index in [1.54, 1.807) is 24.3 Å². The van der Waals surface area contributed by atoms with Crippen molar-refractivity contribution in [3.63, 3.8) is 0 Å². The second-order valence-electron chi connectivity index (χ2n) is 7.31. The van der Waals surface area contributed by atoms with Crippen molar-refractivity contribution in [1.82, 2.24) is 0 Å². The van der Waals surface area contributed by atoms with Gasteiger partial charge in [0.1, 0.15) is 5.75 Å². The second kappa shape index (κ2) is 7.88. The molecule has 4 aromatic rings. The highest BCUT2D eigenvalue weighted by Gasteiger charge is 2.15. The Morgan fingerprint density at radius 1 is 0.867 bits per heavy atom. The van der Waals surface area contributed by atoms with Crippen LogP contribution in [-0.4, -0.2) is 12.2 Å². The smallest absolute Gasteiger partial charge is 0.343 e. The van der Waals surface area contributed by atoms with Gasteiger partial charge in [0, 0.05) is 16.1 Å². The minimum Gasteiger partial charge on any atom is -0.423 e. The van der Waals surface area contributed by atoms with E-state index in [0.29, 0.717) is 11.3 Å². The highest BCUT2D eigenvalue weighted by atomic mass is 79.9. The largest absolute Gasteiger partial charge is 0.423 e. The Bertz CT molecular complexity index is 1260. The predicted molar refractivity (Wildman–Crippen MR) is 124 cm³/mol. The number of carbonyl (C=O) groups excluding carboxylic acids is 1. The number of ether oxygens (including phenoxy) is 1.